The van der Waals surface area contributed by atoms with E-state index in [4.69, 9.17) is 0 Å². The van der Waals surface area contributed by atoms with Crippen molar-refractivity contribution in [1.82, 2.24) is 4.98 Å². The van der Waals surface area contributed by atoms with Gasteiger partial charge in [-0.25, -0.2) is 0 Å². The zero-order chi connectivity index (χ0) is 7.52. The molecule has 1 aromatic rings. The lowest BCUT2D eigenvalue weighted by Gasteiger charge is -1.97. The fourth-order valence-corrected chi connectivity index (χ4v) is 1.10. The van der Waals surface area contributed by atoms with Gasteiger partial charge in [-0.05, 0) is 17.7 Å². The summed E-state index contributed by atoms with van der Waals surface area (Å²) in [5.41, 5.74) is 2.27. The number of nitrogens with zero attached hydrogens (tertiary/aromatic N) is 2. The van der Waals surface area contributed by atoms with Gasteiger partial charge in [-0.1, -0.05) is 6.07 Å². The summed E-state index contributed by atoms with van der Waals surface area (Å²) in [7, 11) is 0. The first-order valence-electron chi connectivity index (χ1n) is 3.59. The van der Waals surface area contributed by atoms with Crippen molar-refractivity contribution in [2.24, 2.45) is 4.99 Å². The molecule has 1 aromatic heterocycles. The molecule has 2 heteroatoms. The van der Waals surface area contributed by atoms with Crippen LogP contribution in [0.2, 0.25) is 0 Å². The van der Waals surface area contributed by atoms with Gasteiger partial charge in [0.05, 0.1) is 5.69 Å². The summed E-state index contributed by atoms with van der Waals surface area (Å²) in [4.78, 5) is 8.25. The Labute approximate surface area is 65.3 Å². The van der Waals surface area contributed by atoms with E-state index in [0.717, 1.165) is 12.1 Å². The topological polar surface area (TPSA) is 25.2 Å². The summed E-state index contributed by atoms with van der Waals surface area (Å²) >= 11 is 0. The first-order chi connectivity index (χ1) is 5.47. The molecule has 0 radical (unpaired) electrons. The molecule has 54 valence electrons. The Morgan fingerprint density at radius 2 is 2.36 bits per heavy atom. The van der Waals surface area contributed by atoms with Crippen LogP contribution in [0.4, 0.5) is 0 Å². The van der Waals surface area contributed by atoms with Gasteiger partial charge in [0, 0.05) is 25.0 Å². The SMILES string of the molecule is C1=Cc2ncccc2CC=N1. The summed E-state index contributed by atoms with van der Waals surface area (Å²) in [6, 6.07) is 4.02. The van der Waals surface area contributed by atoms with Gasteiger partial charge in [-0.2, -0.15) is 0 Å². The van der Waals surface area contributed by atoms with E-state index in [0.29, 0.717) is 0 Å². The normalized spacial score (nSPS) is 14.2. The third kappa shape index (κ3) is 1.19. The van der Waals surface area contributed by atoms with E-state index in [1.165, 1.54) is 5.56 Å². The molecule has 0 N–H and O–H groups in total. The van der Waals surface area contributed by atoms with Gasteiger partial charge >= 0.3 is 0 Å². The minimum Gasteiger partial charge on any atom is -0.269 e. The zero-order valence-electron chi connectivity index (χ0n) is 6.07. The third-order valence-electron chi connectivity index (χ3n) is 1.66. The predicted molar refractivity (Wildman–Crippen MR) is 45.5 cm³/mol. The molecule has 2 nitrogen and oxygen atoms in total. The maximum absolute atomic E-state index is 4.21. The van der Waals surface area contributed by atoms with Crippen LogP contribution in [-0.2, 0) is 6.42 Å². The van der Waals surface area contributed by atoms with Crippen LogP contribution in [-0.4, -0.2) is 11.2 Å². The molecule has 0 fully saturated rings. The number of aromatic nitrogens is 1. The first-order valence-corrected chi connectivity index (χ1v) is 3.59. The average Bonchev–Trinajstić information content (AvgIpc) is 2.28. The number of aliphatic imine (C=N–C) groups is 1. The highest BCUT2D eigenvalue weighted by Gasteiger charge is 1.98. The van der Waals surface area contributed by atoms with Crippen LogP contribution >= 0.6 is 0 Å². The Bertz CT molecular complexity index is 313. The van der Waals surface area contributed by atoms with Crippen LogP contribution in [0.5, 0.6) is 0 Å². The number of hydrogen-bond acceptors (Lipinski definition) is 2. The van der Waals surface area contributed by atoms with Gasteiger partial charge in [-0.15, -0.1) is 0 Å². The second kappa shape index (κ2) is 2.66. The van der Waals surface area contributed by atoms with Crippen LogP contribution in [0.15, 0.2) is 29.5 Å². The fraction of sp³-hybridized carbons (Fsp3) is 0.111. The molecule has 0 bridgehead atoms. The molecule has 0 aliphatic carbocycles. The van der Waals surface area contributed by atoms with Crippen LogP contribution in [0.3, 0.4) is 0 Å². The molecule has 0 amide bonds. The van der Waals surface area contributed by atoms with Crippen molar-refractivity contribution in [2.45, 2.75) is 6.42 Å². The maximum Gasteiger partial charge on any atom is 0.0680 e. The van der Waals surface area contributed by atoms with Gasteiger partial charge in [0.2, 0.25) is 0 Å². The molecule has 0 saturated carbocycles. The summed E-state index contributed by atoms with van der Waals surface area (Å²) in [6.07, 6.45) is 8.28. The average molecular weight is 144 g/mol. The van der Waals surface area contributed by atoms with Gasteiger partial charge in [0.1, 0.15) is 0 Å². The quantitative estimate of drug-likeness (QED) is 0.543. The second-order valence-corrected chi connectivity index (χ2v) is 2.40. The predicted octanol–water partition coefficient (Wildman–Crippen LogP) is 1.68. The maximum atomic E-state index is 4.21. The lowest BCUT2D eigenvalue weighted by atomic mass is 10.1. The Morgan fingerprint density at radius 1 is 1.36 bits per heavy atom. The van der Waals surface area contributed by atoms with Crippen molar-refractivity contribution < 1.29 is 0 Å². The summed E-state index contributed by atoms with van der Waals surface area (Å²) in [5.74, 6) is 0. The number of rotatable bonds is 0. The van der Waals surface area contributed by atoms with Crippen molar-refractivity contribution in [2.75, 3.05) is 0 Å². The molecule has 2 rings (SSSR count). The monoisotopic (exact) mass is 144 g/mol. The molecule has 1 aliphatic heterocycles. The standard InChI is InChI=1S/C9H8N2/c1-2-8-3-6-10-7-4-9(8)11-5-1/h1-2,4-7H,3H2. The molecule has 0 aromatic carbocycles. The van der Waals surface area contributed by atoms with Crippen LogP contribution in [0.25, 0.3) is 6.08 Å². The number of fused-ring (bicyclic) bond motifs is 1. The molecule has 0 spiro atoms. The summed E-state index contributed by atoms with van der Waals surface area (Å²) < 4.78 is 0. The van der Waals surface area contributed by atoms with E-state index >= 15 is 0 Å². The Morgan fingerprint density at radius 3 is 3.36 bits per heavy atom. The molecule has 0 atom stereocenters. The number of hydrogen-bond donors (Lipinski definition) is 0. The van der Waals surface area contributed by atoms with Crippen molar-refractivity contribution in [3.8, 4) is 0 Å². The summed E-state index contributed by atoms with van der Waals surface area (Å²) in [5, 5.41) is 0. The zero-order valence-corrected chi connectivity index (χ0v) is 6.07. The largest absolute Gasteiger partial charge is 0.269 e. The second-order valence-electron chi connectivity index (χ2n) is 2.40. The van der Waals surface area contributed by atoms with E-state index in [-0.39, 0.29) is 0 Å². The van der Waals surface area contributed by atoms with Crippen molar-refractivity contribution in [1.29, 1.82) is 0 Å². The molecule has 0 saturated heterocycles. The van der Waals surface area contributed by atoms with E-state index in [1.807, 2.05) is 18.4 Å². The molecular weight excluding hydrogens is 136 g/mol. The van der Waals surface area contributed by atoms with Crippen LogP contribution in [0, 0.1) is 0 Å². The van der Waals surface area contributed by atoms with Gasteiger partial charge < -0.3 is 0 Å². The van der Waals surface area contributed by atoms with Crippen LogP contribution < -0.4 is 0 Å². The van der Waals surface area contributed by atoms with E-state index < -0.39 is 0 Å². The van der Waals surface area contributed by atoms with Crippen molar-refractivity contribution in [3.63, 3.8) is 0 Å². The number of pyridine rings is 1. The Balaban J connectivity index is 2.52. The summed E-state index contributed by atoms with van der Waals surface area (Å²) in [6.45, 7) is 0. The highest BCUT2D eigenvalue weighted by molar-refractivity contribution is 5.68. The minimum absolute atomic E-state index is 0.885. The highest BCUT2D eigenvalue weighted by atomic mass is 14.7. The first kappa shape index (κ1) is 6.28. The molecule has 1 aliphatic rings. The molecule has 0 unspecified atom stereocenters. The van der Waals surface area contributed by atoms with Crippen LogP contribution in [0.1, 0.15) is 11.3 Å². The van der Waals surface area contributed by atoms with Gasteiger partial charge in [-0.3, -0.25) is 9.98 Å². The van der Waals surface area contributed by atoms with E-state index in [1.54, 1.807) is 12.4 Å². The lowest BCUT2D eigenvalue weighted by Crippen LogP contribution is -1.90. The third-order valence-corrected chi connectivity index (χ3v) is 1.66. The van der Waals surface area contributed by atoms with Gasteiger partial charge in [0.15, 0.2) is 0 Å². The molecular formula is C9H8N2. The molecule has 11 heavy (non-hydrogen) atoms. The fourth-order valence-electron chi connectivity index (χ4n) is 1.10. The van der Waals surface area contributed by atoms with Crippen molar-refractivity contribution in [3.05, 3.63) is 35.8 Å². The minimum atomic E-state index is 0.885. The van der Waals surface area contributed by atoms with Crippen molar-refractivity contribution >= 4 is 12.3 Å². The van der Waals surface area contributed by atoms with Gasteiger partial charge in [0.25, 0.3) is 0 Å². The highest BCUT2D eigenvalue weighted by Crippen LogP contribution is 2.09. The smallest absolute Gasteiger partial charge is 0.0680 e. The Hall–Kier alpha value is -1.44. The Kier molecular flexibility index (Phi) is 1.52. The van der Waals surface area contributed by atoms with E-state index in [9.17, 15) is 0 Å². The van der Waals surface area contributed by atoms with E-state index in [2.05, 4.69) is 16.0 Å². The lowest BCUT2D eigenvalue weighted by molar-refractivity contribution is 1.21. The molecule has 2 heterocycles.